The molecule has 2 N–H and O–H groups in total. The van der Waals surface area contributed by atoms with Crippen LogP contribution in [0.2, 0.25) is 0 Å². The van der Waals surface area contributed by atoms with Crippen molar-refractivity contribution in [2.45, 2.75) is 90.5 Å². The predicted octanol–water partition coefficient (Wildman–Crippen LogP) is 6.03. The number of carboxylic acids is 1. The van der Waals surface area contributed by atoms with Crippen molar-refractivity contribution in [3.63, 3.8) is 0 Å². The third-order valence-corrected chi connectivity index (χ3v) is 8.53. The number of carboxylic acid groups (broad SMARTS) is 1. The molecule has 4 rings (SSSR count). The monoisotopic (exact) mass is 496 g/mol. The van der Waals surface area contributed by atoms with Crippen molar-refractivity contribution >= 4 is 29.0 Å². The lowest BCUT2D eigenvalue weighted by atomic mass is 9.80. The Morgan fingerprint density at radius 2 is 1.77 bits per heavy atom. The molecule has 1 amide bonds. The zero-order valence-electron chi connectivity index (χ0n) is 21.1. The number of benzene rings is 1. The number of nitrogens with one attached hydrogen (secondary N) is 1. The number of thiazole rings is 1. The largest absolute Gasteiger partial charge is 0.481 e. The third kappa shape index (κ3) is 6.00. The van der Waals surface area contributed by atoms with E-state index >= 15 is 0 Å². The van der Waals surface area contributed by atoms with Crippen molar-refractivity contribution in [2.24, 2.45) is 11.8 Å². The van der Waals surface area contributed by atoms with Gasteiger partial charge in [0.05, 0.1) is 16.5 Å². The van der Waals surface area contributed by atoms with Crippen LogP contribution in [-0.4, -0.2) is 33.8 Å². The molecular weight excluding hydrogens is 460 g/mol. The SMILES string of the molecule is CC(=O)c1cc(-c2sc(C(=O)NC3CC(C(=O)O)C3)nc2CC2CCCCC2)cc(C(C)(C)C)c1. The molecular formula is C28H36N2O4S. The highest BCUT2D eigenvalue weighted by molar-refractivity contribution is 7.17. The number of hydrogen-bond donors (Lipinski definition) is 2. The molecule has 0 bridgehead atoms. The zero-order chi connectivity index (χ0) is 25.3. The Morgan fingerprint density at radius 3 is 2.37 bits per heavy atom. The minimum absolute atomic E-state index is 0.0200. The molecule has 1 heterocycles. The fourth-order valence-electron chi connectivity index (χ4n) is 5.06. The van der Waals surface area contributed by atoms with Crippen LogP contribution in [0.15, 0.2) is 18.2 Å². The van der Waals surface area contributed by atoms with Crippen LogP contribution in [-0.2, 0) is 16.6 Å². The zero-order valence-corrected chi connectivity index (χ0v) is 22.0. The molecule has 0 radical (unpaired) electrons. The van der Waals surface area contributed by atoms with Crippen LogP contribution in [0.25, 0.3) is 10.4 Å². The average Bonchev–Trinajstić information content (AvgIpc) is 3.19. The number of ketones is 1. The van der Waals surface area contributed by atoms with Crippen LogP contribution in [0.3, 0.4) is 0 Å². The maximum absolute atomic E-state index is 13.1. The summed E-state index contributed by atoms with van der Waals surface area (Å²) < 4.78 is 0. The van der Waals surface area contributed by atoms with Gasteiger partial charge in [0.2, 0.25) is 0 Å². The number of amides is 1. The van der Waals surface area contributed by atoms with E-state index in [1.165, 1.54) is 43.4 Å². The first-order valence-electron chi connectivity index (χ1n) is 12.7. The van der Waals surface area contributed by atoms with Crippen molar-refractivity contribution in [1.29, 1.82) is 0 Å². The Balaban J connectivity index is 1.67. The second-order valence-corrected chi connectivity index (χ2v) is 12.3. The van der Waals surface area contributed by atoms with E-state index < -0.39 is 5.97 Å². The summed E-state index contributed by atoms with van der Waals surface area (Å²) in [5.74, 6) is -0.840. The van der Waals surface area contributed by atoms with Crippen LogP contribution in [0.4, 0.5) is 0 Å². The summed E-state index contributed by atoms with van der Waals surface area (Å²) >= 11 is 1.38. The number of rotatable bonds is 7. The number of aromatic nitrogens is 1. The molecule has 2 aliphatic carbocycles. The topological polar surface area (TPSA) is 96.4 Å². The minimum atomic E-state index is -0.804. The number of hydrogen-bond acceptors (Lipinski definition) is 5. The van der Waals surface area contributed by atoms with Gasteiger partial charge < -0.3 is 10.4 Å². The second kappa shape index (κ2) is 10.2. The van der Waals surface area contributed by atoms with E-state index in [0.29, 0.717) is 29.3 Å². The molecule has 0 atom stereocenters. The highest BCUT2D eigenvalue weighted by atomic mass is 32.1. The number of carbonyl (C=O) groups is 3. The Morgan fingerprint density at radius 1 is 1.09 bits per heavy atom. The van der Waals surface area contributed by atoms with E-state index in [2.05, 4.69) is 32.2 Å². The molecule has 2 aliphatic rings. The molecule has 1 aromatic heterocycles. The van der Waals surface area contributed by atoms with E-state index in [0.717, 1.165) is 28.1 Å². The maximum atomic E-state index is 13.1. The maximum Gasteiger partial charge on any atom is 0.306 e. The third-order valence-electron chi connectivity index (χ3n) is 7.39. The lowest BCUT2D eigenvalue weighted by Gasteiger charge is -2.32. The van der Waals surface area contributed by atoms with Gasteiger partial charge in [-0.1, -0.05) is 52.9 Å². The van der Waals surface area contributed by atoms with Crippen LogP contribution >= 0.6 is 11.3 Å². The van der Waals surface area contributed by atoms with Gasteiger partial charge in [-0.2, -0.15) is 0 Å². The normalized spacial score (nSPS) is 20.8. The standard InChI is InChI=1S/C28H36N2O4S/c1-16(31)18-11-19(13-21(12-18)28(2,3)4)24-23(10-17-8-6-5-7-9-17)30-26(35-24)25(32)29-22-14-20(15-22)27(33)34/h11-13,17,20,22H,5-10,14-15H2,1-4H3,(H,29,32)(H,33,34). The Hall–Kier alpha value is -2.54. The van der Waals surface area contributed by atoms with E-state index in [-0.39, 0.29) is 29.1 Å². The highest BCUT2D eigenvalue weighted by Crippen LogP contribution is 2.38. The Labute approximate surface area is 211 Å². The van der Waals surface area contributed by atoms with Crippen LogP contribution in [0, 0.1) is 11.8 Å². The molecule has 2 saturated carbocycles. The summed E-state index contributed by atoms with van der Waals surface area (Å²) in [6.07, 6.45) is 7.86. The molecule has 2 aromatic rings. The average molecular weight is 497 g/mol. The molecule has 1 aromatic carbocycles. The summed E-state index contributed by atoms with van der Waals surface area (Å²) in [4.78, 5) is 42.3. The smallest absolute Gasteiger partial charge is 0.306 e. The number of aliphatic carboxylic acids is 1. The van der Waals surface area contributed by atoms with Gasteiger partial charge >= 0.3 is 5.97 Å². The molecule has 2 fully saturated rings. The fraction of sp³-hybridized carbons (Fsp3) is 0.571. The van der Waals surface area contributed by atoms with Crippen LogP contribution in [0.1, 0.15) is 104 Å². The molecule has 188 valence electrons. The van der Waals surface area contributed by atoms with E-state index in [4.69, 9.17) is 10.1 Å². The first-order chi connectivity index (χ1) is 16.5. The number of carbonyl (C=O) groups excluding carboxylic acids is 2. The molecule has 0 saturated heterocycles. The molecule has 6 nitrogen and oxygen atoms in total. The van der Waals surface area contributed by atoms with Crippen molar-refractivity contribution in [1.82, 2.24) is 10.3 Å². The predicted molar refractivity (Wildman–Crippen MR) is 138 cm³/mol. The highest BCUT2D eigenvalue weighted by Gasteiger charge is 2.36. The van der Waals surface area contributed by atoms with Crippen molar-refractivity contribution in [2.75, 3.05) is 0 Å². The summed E-state index contributed by atoms with van der Waals surface area (Å²) in [6.45, 7) is 7.98. The molecule has 0 spiro atoms. The lowest BCUT2D eigenvalue weighted by Crippen LogP contribution is -2.46. The number of nitrogens with zero attached hydrogens (tertiary/aromatic N) is 1. The van der Waals surface area contributed by atoms with Gasteiger partial charge in [-0.05, 0) is 66.8 Å². The van der Waals surface area contributed by atoms with Crippen molar-refractivity contribution in [3.05, 3.63) is 40.0 Å². The lowest BCUT2D eigenvalue weighted by molar-refractivity contribution is -0.145. The van der Waals surface area contributed by atoms with Crippen LogP contribution in [0.5, 0.6) is 0 Å². The van der Waals surface area contributed by atoms with Crippen LogP contribution < -0.4 is 5.32 Å². The van der Waals surface area contributed by atoms with Crippen molar-refractivity contribution in [3.8, 4) is 10.4 Å². The van der Waals surface area contributed by atoms with Gasteiger partial charge in [0, 0.05) is 11.6 Å². The first kappa shape index (κ1) is 25.5. The first-order valence-corrected chi connectivity index (χ1v) is 13.5. The van der Waals surface area contributed by atoms with E-state index in [9.17, 15) is 14.4 Å². The Kier molecular flexibility index (Phi) is 7.46. The molecule has 0 unspecified atom stereocenters. The van der Waals surface area contributed by atoms with Gasteiger partial charge in [0.25, 0.3) is 5.91 Å². The van der Waals surface area contributed by atoms with Gasteiger partial charge in [-0.15, -0.1) is 11.3 Å². The molecule has 7 heteroatoms. The van der Waals surface area contributed by atoms with Gasteiger partial charge in [0.15, 0.2) is 10.8 Å². The summed E-state index contributed by atoms with van der Waals surface area (Å²) in [7, 11) is 0. The van der Waals surface area contributed by atoms with E-state index in [1.54, 1.807) is 6.92 Å². The second-order valence-electron chi connectivity index (χ2n) is 11.3. The molecule has 35 heavy (non-hydrogen) atoms. The van der Waals surface area contributed by atoms with E-state index in [1.807, 2.05) is 12.1 Å². The number of Topliss-reactive ketones (excluding diaryl/α,β-unsaturated/α-hetero) is 1. The van der Waals surface area contributed by atoms with Gasteiger partial charge in [-0.25, -0.2) is 4.98 Å². The summed E-state index contributed by atoms with van der Waals surface area (Å²) in [5, 5.41) is 12.5. The van der Waals surface area contributed by atoms with Gasteiger partial charge in [0.1, 0.15) is 0 Å². The summed E-state index contributed by atoms with van der Waals surface area (Å²) in [6, 6.07) is 5.92. The van der Waals surface area contributed by atoms with Crippen molar-refractivity contribution < 1.29 is 19.5 Å². The quantitative estimate of drug-likeness (QED) is 0.457. The van der Waals surface area contributed by atoms with Gasteiger partial charge in [-0.3, -0.25) is 14.4 Å². The Bertz CT molecular complexity index is 1120. The minimum Gasteiger partial charge on any atom is -0.481 e. The summed E-state index contributed by atoms with van der Waals surface area (Å²) in [5.41, 5.74) is 3.51. The molecule has 0 aliphatic heterocycles. The fourth-order valence-corrected chi connectivity index (χ4v) is 6.04.